The molecular formula is C23H28N6O2. The van der Waals surface area contributed by atoms with Crippen molar-refractivity contribution < 1.29 is 9.32 Å². The van der Waals surface area contributed by atoms with Crippen LogP contribution in [-0.2, 0) is 6.54 Å². The van der Waals surface area contributed by atoms with Crippen LogP contribution < -0.4 is 0 Å². The van der Waals surface area contributed by atoms with Crippen molar-refractivity contribution in [2.24, 2.45) is 0 Å². The summed E-state index contributed by atoms with van der Waals surface area (Å²) >= 11 is 0. The maximum absolute atomic E-state index is 13.2. The molecule has 31 heavy (non-hydrogen) atoms. The molecule has 3 aromatic rings. The van der Waals surface area contributed by atoms with E-state index in [0.29, 0.717) is 29.5 Å². The van der Waals surface area contributed by atoms with E-state index in [0.717, 1.165) is 56.7 Å². The third kappa shape index (κ3) is 3.44. The van der Waals surface area contributed by atoms with E-state index in [1.54, 1.807) is 6.33 Å². The number of nitrogens with zero attached hydrogens (tertiary/aromatic N) is 6. The van der Waals surface area contributed by atoms with Crippen LogP contribution in [0, 0.1) is 0 Å². The molecule has 8 nitrogen and oxygen atoms in total. The number of benzene rings is 1. The summed E-state index contributed by atoms with van der Waals surface area (Å²) in [5, 5.41) is 4.24. The fourth-order valence-corrected chi connectivity index (χ4v) is 4.86. The number of imidazole rings is 1. The van der Waals surface area contributed by atoms with Gasteiger partial charge in [0.2, 0.25) is 0 Å². The van der Waals surface area contributed by atoms with Crippen molar-refractivity contribution in [3.8, 4) is 17.3 Å². The van der Waals surface area contributed by atoms with Crippen LogP contribution in [0.25, 0.3) is 17.3 Å². The summed E-state index contributed by atoms with van der Waals surface area (Å²) in [4.78, 5) is 26.9. The summed E-state index contributed by atoms with van der Waals surface area (Å²) in [7, 11) is 0. The highest BCUT2D eigenvalue weighted by Gasteiger charge is 2.39. The Kier molecular flexibility index (Phi) is 5.31. The zero-order valence-electron chi connectivity index (χ0n) is 18.1. The van der Waals surface area contributed by atoms with Gasteiger partial charge in [0.15, 0.2) is 11.5 Å². The highest BCUT2D eigenvalue weighted by atomic mass is 16.5. The predicted molar refractivity (Wildman–Crippen MR) is 116 cm³/mol. The van der Waals surface area contributed by atoms with Gasteiger partial charge < -0.3 is 9.42 Å². The number of rotatable bonds is 7. The van der Waals surface area contributed by atoms with Gasteiger partial charge in [-0.2, -0.15) is 4.98 Å². The molecule has 2 aliphatic rings. The van der Waals surface area contributed by atoms with Crippen molar-refractivity contribution in [2.45, 2.75) is 52.1 Å². The maximum Gasteiger partial charge on any atom is 0.278 e. The number of aromatic nitrogens is 4. The van der Waals surface area contributed by atoms with E-state index in [-0.39, 0.29) is 11.9 Å². The highest BCUT2D eigenvalue weighted by Crippen LogP contribution is 2.41. The van der Waals surface area contributed by atoms with Crippen molar-refractivity contribution in [1.29, 1.82) is 0 Å². The van der Waals surface area contributed by atoms with Crippen molar-refractivity contribution in [3.63, 3.8) is 0 Å². The zero-order chi connectivity index (χ0) is 21.4. The number of fused-ring (bicyclic) bond motifs is 5. The Morgan fingerprint density at radius 1 is 1.19 bits per heavy atom. The quantitative estimate of drug-likeness (QED) is 0.578. The number of para-hydroxylation sites is 1. The van der Waals surface area contributed by atoms with E-state index < -0.39 is 0 Å². The van der Waals surface area contributed by atoms with Crippen molar-refractivity contribution in [2.75, 3.05) is 19.6 Å². The Morgan fingerprint density at radius 2 is 2.00 bits per heavy atom. The van der Waals surface area contributed by atoms with E-state index in [9.17, 15) is 4.79 Å². The van der Waals surface area contributed by atoms with Crippen LogP contribution in [0.3, 0.4) is 0 Å². The van der Waals surface area contributed by atoms with Crippen LogP contribution in [0.15, 0.2) is 35.1 Å². The lowest BCUT2D eigenvalue weighted by Crippen LogP contribution is -2.29. The standard InChI is InChI=1S/C23H28N6O2/c1-3-11-27(12-4-2)14-19-25-22(31-26-19)20-21-18-10-7-13-28(18)23(30)16-8-5-6-9-17(16)29(21)15-24-20/h5-6,8-9,15,18H,3-4,7,10-14H2,1-2H3/t18-/m0/s1. The molecular weight excluding hydrogens is 392 g/mol. The van der Waals surface area contributed by atoms with Gasteiger partial charge in [0, 0.05) is 6.54 Å². The first-order valence-corrected chi connectivity index (χ1v) is 11.2. The molecule has 4 heterocycles. The van der Waals surface area contributed by atoms with Gasteiger partial charge in [-0.25, -0.2) is 4.98 Å². The molecule has 0 N–H and O–H groups in total. The molecule has 0 aliphatic carbocycles. The van der Waals surface area contributed by atoms with Gasteiger partial charge in [-0.05, 0) is 50.9 Å². The Morgan fingerprint density at radius 3 is 2.81 bits per heavy atom. The van der Waals surface area contributed by atoms with E-state index >= 15 is 0 Å². The highest BCUT2D eigenvalue weighted by molar-refractivity contribution is 5.99. The van der Waals surface area contributed by atoms with Gasteiger partial charge >= 0.3 is 0 Å². The molecule has 1 fully saturated rings. The minimum atomic E-state index is -0.0376. The number of carbonyl (C=O) groups is 1. The van der Waals surface area contributed by atoms with E-state index in [2.05, 4.69) is 33.9 Å². The van der Waals surface area contributed by atoms with Gasteiger partial charge in [-0.3, -0.25) is 14.3 Å². The SMILES string of the molecule is CCCN(CCC)Cc1noc(-c2ncn3c2[C@@H]2CCCN2C(=O)c2ccccc2-3)n1. The average molecular weight is 421 g/mol. The third-order valence-electron chi connectivity index (χ3n) is 6.14. The van der Waals surface area contributed by atoms with Crippen molar-refractivity contribution in [1.82, 2.24) is 29.5 Å². The zero-order valence-corrected chi connectivity index (χ0v) is 18.1. The summed E-state index contributed by atoms with van der Waals surface area (Å²) in [5.41, 5.74) is 3.20. The molecule has 0 bridgehead atoms. The fourth-order valence-electron chi connectivity index (χ4n) is 4.86. The molecule has 0 radical (unpaired) electrons. The van der Waals surface area contributed by atoms with Gasteiger partial charge in [0.1, 0.15) is 6.33 Å². The summed E-state index contributed by atoms with van der Waals surface area (Å²) in [5.74, 6) is 1.18. The van der Waals surface area contributed by atoms with Crippen LogP contribution in [0.4, 0.5) is 0 Å². The summed E-state index contributed by atoms with van der Waals surface area (Å²) in [6.45, 7) is 7.79. The maximum atomic E-state index is 13.2. The first-order chi connectivity index (χ1) is 15.2. The normalized spacial score (nSPS) is 17.6. The third-order valence-corrected chi connectivity index (χ3v) is 6.14. The van der Waals surface area contributed by atoms with Crippen LogP contribution in [0.5, 0.6) is 0 Å². The van der Waals surface area contributed by atoms with Crippen molar-refractivity contribution in [3.05, 3.63) is 47.7 Å². The topological polar surface area (TPSA) is 80.3 Å². The molecule has 1 atom stereocenters. The molecule has 162 valence electrons. The average Bonchev–Trinajstić information content (AvgIpc) is 3.51. The number of carbonyl (C=O) groups excluding carboxylic acids is 1. The summed E-state index contributed by atoms with van der Waals surface area (Å²) in [6.07, 6.45) is 5.83. The van der Waals surface area contributed by atoms with Crippen LogP contribution >= 0.6 is 0 Å². The van der Waals surface area contributed by atoms with Gasteiger partial charge in [0.25, 0.3) is 11.8 Å². The molecule has 2 aliphatic heterocycles. The van der Waals surface area contributed by atoms with Gasteiger partial charge in [0.05, 0.1) is 29.5 Å². The lowest BCUT2D eigenvalue weighted by atomic mass is 10.1. The van der Waals surface area contributed by atoms with E-state index in [1.807, 2.05) is 33.7 Å². The molecule has 8 heteroatoms. The largest absolute Gasteiger partial charge is 0.332 e. The molecule has 0 saturated carbocycles. The van der Waals surface area contributed by atoms with E-state index in [4.69, 9.17) is 4.52 Å². The van der Waals surface area contributed by atoms with Gasteiger partial charge in [-0.1, -0.05) is 31.1 Å². The second kappa shape index (κ2) is 8.26. The van der Waals surface area contributed by atoms with E-state index in [1.165, 1.54) is 0 Å². The minimum Gasteiger partial charge on any atom is -0.332 e. The van der Waals surface area contributed by atoms with Crippen molar-refractivity contribution >= 4 is 5.91 Å². The molecule has 0 spiro atoms. The molecule has 1 amide bonds. The Bertz CT molecular complexity index is 1080. The lowest BCUT2D eigenvalue weighted by molar-refractivity contribution is 0.0739. The number of hydrogen-bond donors (Lipinski definition) is 0. The first-order valence-electron chi connectivity index (χ1n) is 11.2. The minimum absolute atomic E-state index is 0.0376. The molecule has 5 rings (SSSR count). The number of hydrogen-bond acceptors (Lipinski definition) is 6. The smallest absolute Gasteiger partial charge is 0.278 e. The molecule has 1 aromatic carbocycles. The summed E-state index contributed by atoms with van der Waals surface area (Å²) in [6, 6.07) is 7.68. The predicted octanol–water partition coefficient (Wildman–Crippen LogP) is 3.84. The fraction of sp³-hybridized carbons (Fsp3) is 0.478. The molecule has 0 unspecified atom stereocenters. The number of amides is 1. The van der Waals surface area contributed by atoms with Crippen LogP contribution in [0.2, 0.25) is 0 Å². The Labute approximate surface area is 181 Å². The van der Waals surface area contributed by atoms with Crippen LogP contribution in [-0.4, -0.2) is 55.0 Å². The molecule has 1 saturated heterocycles. The Hall–Kier alpha value is -3.00. The van der Waals surface area contributed by atoms with Crippen LogP contribution in [0.1, 0.15) is 67.4 Å². The summed E-state index contributed by atoms with van der Waals surface area (Å²) < 4.78 is 7.70. The first kappa shape index (κ1) is 19.9. The van der Waals surface area contributed by atoms with Gasteiger partial charge in [-0.15, -0.1) is 0 Å². The second-order valence-electron chi connectivity index (χ2n) is 8.31. The lowest BCUT2D eigenvalue weighted by Gasteiger charge is -2.22. The second-order valence-corrected chi connectivity index (χ2v) is 8.31. The monoisotopic (exact) mass is 420 g/mol. The molecule has 2 aromatic heterocycles. The Balaban J connectivity index is 1.54.